The van der Waals surface area contributed by atoms with Gasteiger partial charge < -0.3 is 25.8 Å². The Morgan fingerprint density at radius 2 is 1.63 bits per heavy atom. The fraction of sp³-hybridized carbons (Fsp3) is 0.0741. The Balaban J connectivity index is 1.75. The molecule has 0 bridgehead atoms. The van der Waals surface area contributed by atoms with Crippen LogP contribution in [0.4, 0.5) is 20.2 Å². The van der Waals surface area contributed by atoms with E-state index >= 15 is 0 Å². The Morgan fingerprint density at radius 1 is 0.947 bits per heavy atom. The topological polar surface area (TPSA) is 133 Å². The minimum atomic E-state index is -4.01. The highest BCUT2D eigenvalue weighted by Crippen LogP contribution is 2.43. The molecule has 194 valence electrons. The number of aromatic amines is 1. The summed E-state index contributed by atoms with van der Waals surface area (Å²) in [4.78, 5) is 15.8. The van der Waals surface area contributed by atoms with Crippen molar-refractivity contribution in [2.24, 2.45) is 7.05 Å². The van der Waals surface area contributed by atoms with Crippen LogP contribution in [-0.2, 0) is 16.9 Å². The molecule has 0 saturated carbocycles. The number of aryl methyl sites for hydroxylation is 2. The van der Waals surface area contributed by atoms with Crippen molar-refractivity contribution < 1.29 is 21.9 Å². The molecular weight excluding hydrogens is 514 g/mol. The minimum Gasteiger partial charge on any atom is -0.454 e. The van der Waals surface area contributed by atoms with Crippen LogP contribution in [-0.4, -0.2) is 18.0 Å². The Labute approximate surface area is 216 Å². The number of hydrogen-bond donors (Lipinski definition) is 3. The number of anilines is 2. The molecule has 0 unspecified atom stereocenters. The molecule has 5 rings (SSSR count). The van der Waals surface area contributed by atoms with Gasteiger partial charge >= 0.3 is 0 Å². The van der Waals surface area contributed by atoms with Gasteiger partial charge in [0.2, 0.25) is 9.84 Å². The Hall–Kier alpha value is -4.64. The molecule has 0 fully saturated rings. The third kappa shape index (κ3) is 4.16. The Morgan fingerprint density at radius 3 is 2.32 bits per heavy atom. The first-order valence-electron chi connectivity index (χ1n) is 11.3. The number of sulfone groups is 1. The SMILES string of the molecule is Cc1ccc(S(=O)(=O)c2cc3c(-c4c(Oc5ccc(F)cc5F)ccc(N)c4N)cn(C)c(=O)c3[nH]2)cc1. The lowest BCUT2D eigenvalue weighted by atomic mass is 10.00. The molecule has 0 amide bonds. The van der Waals surface area contributed by atoms with Crippen LogP contribution in [0.3, 0.4) is 0 Å². The van der Waals surface area contributed by atoms with E-state index in [0.717, 1.165) is 17.7 Å². The van der Waals surface area contributed by atoms with E-state index in [0.29, 0.717) is 11.6 Å². The molecular formula is C27H22F2N4O4S. The van der Waals surface area contributed by atoms with Crippen molar-refractivity contribution in [1.82, 2.24) is 9.55 Å². The molecule has 8 nitrogen and oxygen atoms in total. The summed E-state index contributed by atoms with van der Waals surface area (Å²) in [6, 6.07) is 13.4. The van der Waals surface area contributed by atoms with E-state index in [4.69, 9.17) is 16.2 Å². The zero-order chi connectivity index (χ0) is 27.4. The van der Waals surface area contributed by atoms with E-state index in [1.165, 1.54) is 48.1 Å². The van der Waals surface area contributed by atoms with Gasteiger partial charge in [-0.25, -0.2) is 17.2 Å². The fourth-order valence-corrected chi connectivity index (χ4v) is 5.41. The predicted octanol–water partition coefficient (Wildman–Crippen LogP) is 4.91. The second kappa shape index (κ2) is 9.03. The number of hydrogen-bond acceptors (Lipinski definition) is 6. The normalized spacial score (nSPS) is 11.7. The highest BCUT2D eigenvalue weighted by atomic mass is 32.2. The number of H-pyrrole nitrogens is 1. The van der Waals surface area contributed by atoms with Crippen molar-refractivity contribution in [2.45, 2.75) is 16.8 Å². The van der Waals surface area contributed by atoms with Gasteiger partial charge in [0.1, 0.15) is 22.1 Å². The smallest absolute Gasteiger partial charge is 0.274 e. The van der Waals surface area contributed by atoms with E-state index in [9.17, 15) is 22.0 Å². The first kappa shape index (κ1) is 25.0. The highest BCUT2D eigenvalue weighted by molar-refractivity contribution is 7.91. The standard InChI is InChI=1S/C27H22F2N4O4S/c1-14-3-6-16(7-4-14)38(35,36)23-12-17-18(13-33(2)27(34)26(17)32-23)24-22(10-8-20(30)25(24)31)37-21-9-5-15(28)11-19(21)29/h3-13,32H,30-31H2,1-2H3. The van der Waals surface area contributed by atoms with Crippen molar-refractivity contribution in [3.05, 3.63) is 94.4 Å². The molecule has 11 heteroatoms. The minimum absolute atomic E-state index is 0.0106. The van der Waals surface area contributed by atoms with Gasteiger partial charge in [-0.2, -0.15) is 0 Å². The predicted molar refractivity (Wildman–Crippen MR) is 141 cm³/mol. The van der Waals surface area contributed by atoms with E-state index in [2.05, 4.69) is 4.98 Å². The van der Waals surface area contributed by atoms with E-state index < -0.39 is 27.0 Å². The first-order chi connectivity index (χ1) is 18.0. The Bertz CT molecular complexity index is 1900. The molecule has 2 heterocycles. The number of nitrogens with two attached hydrogens (primary N) is 2. The van der Waals surface area contributed by atoms with E-state index in [1.54, 1.807) is 12.1 Å². The summed E-state index contributed by atoms with van der Waals surface area (Å²) in [5.41, 5.74) is 13.6. The van der Waals surface area contributed by atoms with Crippen molar-refractivity contribution in [2.75, 3.05) is 11.5 Å². The number of aromatic nitrogens is 2. The molecule has 2 aromatic heterocycles. The second-order valence-electron chi connectivity index (χ2n) is 8.82. The van der Waals surface area contributed by atoms with Crippen LogP contribution in [0.1, 0.15) is 5.56 Å². The van der Waals surface area contributed by atoms with Gasteiger partial charge in [-0.15, -0.1) is 0 Å². The lowest BCUT2D eigenvalue weighted by molar-refractivity contribution is 0.439. The van der Waals surface area contributed by atoms with Crippen molar-refractivity contribution >= 4 is 32.1 Å². The van der Waals surface area contributed by atoms with Gasteiger partial charge in [0.05, 0.1) is 21.8 Å². The first-order valence-corrected chi connectivity index (χ1v) is 12.8. The van der Waals surface area contributed by atoms with Gasteiger partial charge in [0.15, 0.2) is 11.6 Å². The zero-order valence-corrected chi connectivity index (χ0v) is 21.1. The van der Waals surface area contributed by atoms with E-state index in [1.807, 2.05) is 6.92 Å². The number of fused-ring (bicyclic) bond motifs is 1. The fourth-order valence-electron chi connectivity index (χ4n) is 4.15. The summed E-state index contributed by atoms with van der Waals surface area (Å²) in [7, 11) is -2.52. The number of nitrogens with zero attached hydrogens (tertiary/aromatic N) is 1. The van der Waals surface area contributed by atoms with Gasteiger partial charge in [-0.3, -0.25) is 4.79 Å². The highest BCUT2D eigenvalue weighted by Gasteiger charge is 2.25. The number of benzene rings is 3. The molecule has 0 aliphatic heterocycles. The number of rotatable bonds is 5. The van der Waals surface area contributed by atoms with Crippen LogP contribution in [0.25, 0.3) is 22.0 Å². The molecule has 0 aliphatic carbocycles. The number of ether oxygens (including phenoxy) is 1. The summed E-state index contributed by atoms with van der Waals surface area (Å²) in [5, 5.41) is 0.0379. The molecule has 5 aromatic rings. The summed E-state index contributed by atoms with van der Waals surface area (Å²) in [6.45, 7) is 1.84. The van der Waals surface area contributed by atoms with Gasteiger partial charge in [0.25, 0.3) is 5.56 Å². The molecule has 0 spiro atoms. The molecule has 0 radical (unpaired) electrons. The summed E-state index contributed by atoms with van der Waals surface area (Å²) >= 11 is 0. The largest absolute Gasteiger partial charge is 0.454 e. The number of halogens is 2. The van der Waals surface area contributed by atoms with E-state index in [-0.39, 0.29) is 49.3 Å². The van der Waals surface area contributed by atoms with Crippen LogP contribution < -0.4 is 21.8 Å². The summed E-state index contributed by atoms with van der Waals surface area (Å²) in [5.74, 6) is -1.92. The quantitative estimate of drug-likeness (QED) is 0.273. The number of nitrogen functional groups attached to an aromatic ring is 2. The third-order valence-corrected chi connectivity index (χ3v) is 7.88. The molecule has 0 saturated heterocycles. The molecule has 5 N–H and O–H groups in total. The van der Waals surface area contributed by atoms with Gasteiger partial charge in [-0.05, 0) is 49.4 Å². The van der Waals surface area contributed by atoms with Gasteiger partial charge in [-0.1, -0.05) is 17.7 Å². The molecule has 0 atom stereocenters. The third-order valence-electron chi connectivity index (χ3n) is 6.19. The van der Waals surface area contributed by atoms with Crippen molar-refractivity contribution in [3.63, 3.8) is 0 Å². The second-order valence-corrected chi connectivity index (χ2v) is 10.7. The van der Waals surface area contributed by atoms with Crippen molar-refractivity contribution in [3.8, 4) is 22.6 Å². The molecule has 38 heavy (non-hydrogen) atoms. The van der Waals surface area contributed by atoms with Crippen LogP contribution in [0, 0.1) is 18.6 Å². The van der Waals surface area contributed by atoms with Crippen LogP contribution in [0.15, 0.2) is 81.6 Å². The maximum Gasteiger partial charge on any atom is 0.274 e. The molecule has 3 aromatic carbocycles. The zero-order valence-electron chi connectivity index (χ0n) is 20.2. The van der Waals surface area contributed by atoms with Crippen molar-refractivity contribution in [1.29, 1.82) is 0 Å². The summed E-state index contributed by atoms with van der Waals surface area (Å²) < 4.78 is 61.6. The summed E-state index contributed by atoms with van der Waals surface area (Å²) in [6.07, 6.45) is 1.46. The Kier molecular flexibility index (Phi) is 5.95. The average molecular weight is 537 g/mol. The lowest BCUT2D eigenvalue weighted by Crippen LogP contribution is -2.17. The maximum absolute atomic E-state index is 14.4. The lowest BCUT2D eigenvalue weighted by Gasteiger charge is -2.17. The average Bonchev–Trinajstić information content (AvgIpc) is 3.33. The van der Waals surface area contributed by atoms with Crippen LogP contribution >= 0.6 is 0 Å². The van der Waals surface area contributed by atoms with Crippen LogP contribution in [0.5, 0.6) is 11.5 Å². The number of pyridine rings is 1. The van der Waals surface area contributed by atoms with Crippen LogP contribution in [0.2, 0.25) is 0 Å². The number of nitrogens with one attached hydrogen (secondary N) is 1. The maximum atomic E-state index is 14.4. The van der Waals surface area contributed by atoms with Gasteiger partial charge in [0, 0.05) is 30.3 Å². The molecule has 0 aliphatic rings. The monoisotopic (exact) mass is 536 g/mol.